The first-order valence-electron chi connectivity index (χ1n) is 9.35. The number of H-pyrrole nitrogens is 2. The second-order valence-corrected chi connectivity index (χ2v) is 7.36. The molecule has 12 nitrogen and oxygen atoms in total. The Morgan fingerprint density at radius 2 is 1.86 bits per heavy atom. The highest BCUT2D eigenvalue weighted by Crippen LogP contribution is 2.28. The number of aromatic nitrogens is 2. The molecule has 1 aromatic rings. The van der Waals surface area contributed by atoms with Crippen molar-refractivity contribution in [1.29, 1.82) is 0 Å². The molecule has 0 spiro atoms. The van der Waals surface area contributed by atoms with Crippen molar-refractivity contribution >= 4 is 5.91 Å². The summed E-state index contributed by atoms with van der Waals surface area (Å²) in [4.78, 5) is 39.4. The maximum absolute atomic E-state index is 12.4. The van der Waals surface area contributed by atoms with Gasteiger partial charge >= 0.3 is 5.69 Å². The quantitative estimate of drug-likeness (QED) is 0.267. The first-order chi connectivity index (χ1) is 13.7. The van der Waals surface area contributed by atoms with E-state index in [1.807, 2.05) is 4.98 Å². The molecule has 0 aromatic carbocycles. The molecular formula is C17H25N3O9. The number of rotatable bonds is 4. The third kappa shape index (κ3) is 4.74. The van der Waals surface area contributed by atoms with Gasteiger partial charge in [0.25, 0.3) is 11.5 Å². The van der Waals surface area contributed by atoms with Crippen LogP contribution in [0.15, 0.2) is 15.7 Å². The molecule has 12 heteroatoms. The summed E-state index contributed by atoms with van der Waals surface area (Å²) in [5, 5.41) is 42.8. The number of hydrogen-bond donors (Lipinski definition) is 7. The lowest BCUT2D eigenvalue weighted by atomic mass is 9.89. The van der Waals surface area contributed by atoms with E-state index in [1.165, 1.54) is 6.92 Å². The third-order valence-electron chi connectivity index (χ3n) is 5.21. The van der Waals surface area contributed by atoms with Gasteiger partial charge in [-0.1, -0.05) is 0 Å². The Morgan fingerprint density at radius 1 is 1.14 bits per heavy atom. The van der Waals surface area contributed by atoms with Gasteiger partial charge in [-0.15, -0.1) is 0 Å². The van der Waals surface area contributed by atoms with Gasteiger partial charge in [-0.05, 0) is 26.2 Å². The average molecular weight is 415 g/mol. The Balaban J connectivity index is 1.74. The molecule has 1 aliphatic carbocycles. The molecule has 3 rings (SSSR count). The molecule has 1 saturated heterocycles. The van der Waals surface area contributed by atoms with E-state index in [0.717, 1.165) is 6.07 Å². The predicted octanol–water partition coefficient (Wildman–Crippen LogP) is -3.08. The number of aliphatic hydroxyl groups is 4. The van der Waals surface area contributed by atoms with E-state index in [2.05, 4.69) is 10.3 Å². The largest absolute Gasteiger partial charge is 0.390 e. The van der Waals surface area contributed by atoms with E-state index in [4.69, 9.17) is 9.47 Å². The Bertz CT molecular complexity index is 812. The number of aromatic amines is 2. The minimum Gasteiger partial charge on any atom is -0.390 e. The van der Waals surface area contributed by atoms with Crippen molar-refractivity contribution in [2.24, 2.45) is 0 Å². The summed E-state index contributed by atoms with van der Waals surface area (Å²) >= 11 is 0. The van der Waals surface area contributed by atoms with Crippen LogP contribution in [0.1, 0.15) is 36.7 Å². The highest BCUT2D eigenvalue weighted by molar-refractivity contribution is 5.92. The molecule has 162 valence electrons. The number of aliphatic hydroxyl groups excluding tert-OH is 4. The maximum Gasteiger partial charge on any atom is 0.326 e. The van der Waals surface area contributed by atoms with E-state index in [1.54, 1.807) is 0 Å². The fourth-order valence-electron chi connectivity index (χ4n) is 3.60. The van der Waals surface area contributed by atoms with Crippen LogP contribution in [-0.4, -0.2) is 85.3 Å². The Hall–Kier alpha value is -2.09. The fourth-order valence-corrected chi connectivity index (χ4v) is 3.60. The minimum absolute atomic E-state index is 0.251. The second-order valence-electron chi connectivity index (χ2n) is 7.36. The SMILES string of the molecule is C[C@@H]1O[C@@H](O[C@H]2[C@H](O)CCC[C@@H]2NC(=O)c2cc(=O)[nH]c(=O)[nH]2)[C@@H](O)[C@H](O)[C@@H]1O. The summed E-state index contributed by atoms with van der Waals surface area (Å²) in [5.41, 5.74) is -1.83. The van der Waals surface area contributed by atoms with Crippen LogP contribution >= 0.6 is 0 Å². The molecule has 8 atom stereocenters. The van der Waals surface area contributed by atoms with Gasteiger partial charge in [-0.3, -0.25) is 14.6 Å². The first-order valence-corrected chi connectivity index (χ1v) is 9.35. The van der Waals surface area contributed by atoms with Crippen LogP contribution in [0.3, 0.4) is 0 Å². The monoisotopic (exact) mass is 415 g/mol. The van der Waals surface area contributed by atoms with E-state index in [-0.39, 0.29) is 5.69 Å². The van der Waals surface area contributed by atoms with Gasteiger partial charge in [0.15, 0.2) is 6.29 Å². The summed E-state index contributed by atoms with van der Waals surface area (Å²) in [5.74, 6) is -0.741. The van der Waals surface area contributed by atoms with Crippen LogP contribution in [0.4, 0.5) is 0 Å². The molecule has 2 heterocycles. The number of ether oxygens (including phenoxy) is 2. The van der Waals surface area contributed by atoms with Crippen molar-refractivity contribution in [2.45, 2.75) is 75.1 Å². The lowest BCUT2D eigenvalue weighted by Gasteiger charge is -2.43. The molecule has 2 fully saturated rings. The second kappa shape index (κ2) is 8.73. The number of hydrogen-bond acceptors (Lipinski definition) is 9. The topological polar surface area (TPSA) is 194 Å². The number of nitrogens with one attached hydrogen (secondary N) is 3. The van der Waals surface area contributed by atoms with Crippen molar-refractivity contribution in [2.75, 3.05) is 0 Å². The van der Waals surface area contributed by atoms with Crippen molar-refractivity contribution in [3.63, 3.8) is 0 Å². The average Bonchev–Trinajstić information content (AvgIpc) is 2.66. The van der Waals surface area contributed by atoms with Crippen molar-refractivity contribution in [3.05, 3.63) is 32.6 Å². The number of carbonyl (C=O) groups is 1. The van der Waals surface area contributed by atoms with E-state index >= 15 is 0 Å². The molecular weight excluding hydrogens is 390 g/mol. The minimum atomic E-state index is -1.56. The van der Waals surface area contributed by atoms with E-state index < -0.39 is 66.1 Å². The maximum atomic E-state index is 12.4. The Kier molecular flexibility index (Phi) is 6.51. The third-order valence-corrected chi connectivity index (χ3v) is 5.21. The van der Waals surface area contributed by atoms with Crippen molar-refractivity contribution in [1.82, 2.24) is 15.3 Å². The van der Waals surface area contributed by atoms with Gasteiger partial charge in [0, 0.05) is 6.07 Å². The molecule has 0 unspecified atom stereocenters. The summed E-state index contributed by atoms with van der Waals surface area (Å²) in [6, 6.07) is 0.211. The van der Waals surface area contributed by atoms with Crippen LogP contribution < -0.4 is 16.6 Å². The van der Waals surface area contributed by atoms with Crippen LogP contribution in [0.5, 0.6) is 0 Å². The fraction of sp³-hybridized carbons (Fsp3) is 0.706. The zero-order valence-corrected chi connectivity index (χ0v) is 15.6. The molecule has 29 heavy (non-hydrogen) atoms. The summed E-state index contributed by atoms with van der Waals surface area (Å²) in [7, 11) is 0. The highest BCUT2D eigenvalue weighted by Gasteiger charge is 2.45. The molecule has 2 aliphatic rings. The summed E-state index contributed by atoms with van der Waals surface area (Å²) in [6.07, 6.45) is -7.14. The smallest absolute Gasteiger partial charge is 0.326 e. The van der Waals surface area contributed by atoms with Gasteiger partial charge in [-0.25, -0.2) is 4.79 Å². The zero-order valence-electron chi connectivity index (χ0n) is 15.6. The Labute approximate surface area is 164 Å². The molecule has 0 bridgehead atoms. The first kappa shape index (κ1) is 21.6. The number of amides is 1. The summed E-state index contributed by atoms with van der Waals surface area (Å²) < 4.78 is 11.1. The van der Waals surface area contributed by atoms with Crippen LogP contribution in [-0.2, 0) is 9.47 Å². The van der Waals surface area contributed by atoms with E-state index in [0.29, 0.717) is 19.3 Å². The van der Waals surface area contributed by atoms with Gasteiger partial charge in [0.05, 0.1) is 18.2 Å². The van der Waals surface area contributed by atoms with Crippen molar-refractivity contribution in [3.8, 4) is 0 Å². The van der Waals surface area contributed by atoms with Crippen LogP contribution in [0.25, 0.3) is 0 Å². The predicted molar refractivity (Wildman–Crippen MR) is 96.0 cm³/mol. The van der Waals surface area contributed by atoms with Crippen molar-refractivity contribution < 1.29 is 34.7 Å². The normalized spacial score (nSPS) is 37.8. The lowest BCUT2D eigenvalue weighted by Crippen LogP contribution is -2.61. The van der Waals surface area contributed by atoms with Gasteiger partial charge in [0.2, 0.25) is 0 Å². The van der Waals surface area contributed by atoms with Gasteiger partial charge < -0.3 is 40.2 Å². The molecule has 1 aliphatic heterocycles. The zero-order chi connectivity index (χ0) is 21.3. The molecule has 0 radical (unpaired) electrons. The summed E-state index contributed by atoms with van der Waals surface area (Å²) in [6.45, 7) is 1.50. The number of carbonyl (C=O) groups excluding carboxylic acids is 1. The van der Waals surface area contributed by atoms with Crippen LogP contribution in [0.2, 0.25) is 0 Å². The van der Waals surface area contributed by atoms with Gasteiger partial charge in [0.1, 0.15) is 30.1 Å². The van der Waals surface area contributed by atoms with Crippen LogP contribution in [0, 0.1) is 0 Å². The van der Waals surface area contributed by atoms with Gasteiger partial charge in [-0.2, -0.15) is 0 Å². The lowest BCUT2D eigenvalue weighted by molar-refractivity contribution is -0.314. The molecule has 1 aromatic heterocycles. The molecule has 7 N–H and O–H groups in total. The highest BCUT2D eigenvalue weighted by atomic mass is 16.7. The molecule has 1 saturated carbocycles. The van der Waals surface area contributed by atoms with E-state index in [9.17, 15) is 34.8 Å². The Morgan fingerprint density at radius 3 is 2.55 bits per heavy atom. The molecule has 1 amide bonds. The standard InChI is InChI=1S/C17H25N3O9/c1-6-11(23)12(24)13(25)16(28-6)29-14-7(3-2-4-9(14)21)18-15(26)8-5-10(22)20-17(27)19-8/h5-7,9,11-14,16,21,23-25H,2-4H2,1H3,(H,18,26)(H2,19,20,22,27)/t6-,7-,9+,11+,12+,13-,14+,16-/m0/s1.